The van der Waals surface area contributed by atoms with Gasteiger partial charge in [-0.3, -0.25) is 14.0 Å². The molecule has 0 spiro atoms. The third-order valence-electron chi connectivity index (χ3n) is 6.56. The highest BCUT2D eigenvalue weighted by Crippen LogP contribution is 2.25. The van der Waals surface area contributed by atoms with Gasteiger partial charge in [0.15, 0.2) is 5.78 Å². The number of nitrogens with one attached hydrogen (secondary N) is 3. The van der Waals surface area contributed by atoms with Crippen molar-refractivity contribution in [2.75, 3.05) is 6.67 Å². The summed E-state index contributed by atoms with van der Waals surface area (Å²) in [4.78, 5) is 32.5. The first kappa shape index (κ1) is 25.3. The van der Waals surface area contributed by atoms with Crippen molar-refractivity contribution in [3.63, 3.8) is 0 Å². The van der Waals surface area contributed by atoms with Gasteiger partial charge in [0.05, 0.1) is 19.1 Å². The van der Waals surface area contributed by atoms with Gasteiger partial charge in [-0.05, 0) is 60.4 Å². The van der Waals surface area contributed by atoms with Crippen molar-refractivity contribution in [2.45, 2.75) is 57.4 Å². The molecule has 0 radical (unpaired) electrons. The van der Waals surface area contributed by atoms with E-state index in [2.05, 4.69) is 15.3 Å². The minimum Gasteiger partial charge on any atom is -0.508 e. The number of carbonyl (C=O) groups is 2. The third kappa shape index (κ3) is 6.24. The molecule has 0 aliphatic rings. The Morgan fingerprint density at radius 2 is 1.42 bits per heavy atom. The van der Waals surface area contributed by atoms with Crippen LogP contribution in [0.1, 0.15) is 49.7 Å². The molecule has 2 aromatic carbocycles. The maximum absolute atomic E-state index is 13.2. The monoisotopic (exact) mass is 493 g/mol. The van der Waals surface area contributed by atoms with Gasteiger partial charge < -0.3 is 25.5 Å². The van der Waals surface area contributed by atoms with E-state index in [1.165, 1.54) is 0 Å². The maximum atomic E-state index is 13.2. The Balaban J connectivity index is 1.47. The van der Waals surface area contributed by atoms with Crippen molar-refractivity contribution in [3.8, 4) is 11.5 Å². The molecule has 1 amide bonds. The minimum atomic E-state index is -0.719. The van der Waals surface area contributed by atoms with Crippen molar-refractivity contribution in [1.82, 2.24) is 15.3 Å². The molecule has 8 heteroatoms. The molecule has 190 valence electrons. The number of ketones is 1. The van der Waals surface area contributed by atoms with Gasteiger partial charge in [0.1, 0.15) is 11.5 Å². The van der Waals surface area contributed by atoms with Crippen LogP contribution in [0.5, 0.6) is 11.5 Å². The lowest BCUT2D eigenvalue weighted by atomic mass is 9.97. The third-order valence-corrected chi connectivity index (χ3v) is 6.56. The molecule has 0 saturated carbocycles. The van der Waals surface area contributed by atoms with Crippen LogP contribution in [0.3, 0.4) is 0 Å². The normalized spacial score (nSPS) is 12.2. The summed E-state index contributed by atoms with van der Waals surface area (Å²) in [6.07, 6.45) is 7.99. The second-order valence-corrected chi connectivity index (χ2v) is 9.26. The molecule has 1 atom stereocenters. The number of halogens is 1. The fraction of sp³-hybridized carbons (Fsp3) is 0.357. The van der Waals surface area contributed by atoms with E-state index in [1.54, 1.807) is 48.8 Å². The Morgan fingerprint density at radius 1 is 0.833 bits per heavy atom. The number of phenolic OH excluding ortho intramolecular Hbond substituents is 2. The number of amides is 1. The van der Waals surface area contributed by atoms with Crippen LogP contribution in [0.15, 0.2) is 48.8 Å². The number of aromatic hydroxyl groups is 2. The van der Waals surface area contributed by atoms with Crippen LogP contribution in [0.25, 0.3) is 21.8 Å². The van der Waals surface area contributed by atoms with E-state index in [9.17, 15) is 24.2 Å². The predicted molar refractivity (Wildman–Crippen MR) is 138 cm³/mol. The van der Waals surface area contributed by atoms with E-state index in [-0.39, 0.29) is 36.3 Å². The van der Waals surface area contributed by atoms with Gasteiger partial charge in [-0.1, -0.05) is 19.3 Å². The molecule has 4 aromatic rings. The summed E-state index contributed by atoms with van der Waals surface area (Å²) in [5.74, 6) is -0.0970. The molecule has 0 aliphatic carbocycles. The number of hydrogen-bond acceptors (Lipinski definition) is 4. The van der Waals surface area contributed by atoms with Gasteiger partial charge in [-0.25, -0.2) is 0 Å². The van der Waals surface area contributed by atoms with E-state index in [0.717, 1.165) is 52.2 Å². The number of alkyl halides is 1. The average molecular weight is 494 g/mol. The first-order valence-electron chi connectivity index (χ1n) is 12.4. The van der Waals surface area contributed by atoms with Crippen molar-refractivity contribution in [1.29, 1.82) is 0 Å². The highest BCUT2D eigenvalue weighted by Gasteiger charge is 2.23. The smallest absolute Gasteiger partial charge is 0.225 e. The Labute approximate surface area is 208 Å². The van der Waals surface area contributed by atoms with Crippen LogP contribution in [0, 0.1) is 0 Å². The van der Waals surface area contributed by atoms with Gasteiger partial charge in [-0.15, -0.1) is 0 Å². The SMILES string of the molecule is O=C(Cc1c[nH]c2ccc(O)cc12)NC(Cc1c[nH]c2ccc(O)cc12)C(=O)CCCCCCCF. The Hall–Kier alpha value is -3.81. The van der Waals surface area contributed by atoms with Gasteiger partial charge in [0.2, 0.25) is 5.91 Å². The van der Waals surface area contributed by atoms with E-state index >= 15 is 0 Å². The van der Waals surface area contributed by atoms with Crippen LogP contribution >= 0.6 is 0 Å². The molecule has 4 rings (SSSR count). The second kappa shape index (κ2) is 11.7. The van der Waals surface area contributed by atoms with Crippen LogP contribution in [-0.4, -0.2) is 44.6 Å². The number of fused-ring (bicyclic) bond motifs is 2. The number of carbonyl (C=O) groups excluding carboxylic acids is 2. The fourth-order valence-electron chi connectivity index (χ4n) is 4.63. The number of Topliss-reactive ketones (excluding diaryl/α,β-unsaturated/α-hetero) is 1. The fourth-order valence-corrected chi connectivity index (χ4v) is 4.63. The number of aromatic amines is 2. The topological polar surface area (TPSA) is 118 Å². The highest BCUT2D eigenvalue weighted by atomic mass is 19.1. The summed E-state index contributed by atoms with van der Waals surface area (Å²) < 4.78 is 12.3. The second-order valence-electron chi connectivity index (χ2n) is 9.26. The molecule has 2 aromatic heterocycles. The minimum absolute atomic E-state index is 0.0556. The molecule has 2 heterocycles. The van der Waals surface area contributed by atoms with Crippen molar-refractivity contribution in [2.24, 2.45) is 0 Å². The number of benzene rings is 2. The first-order chi connectivity index (χ1) is 17.4. The molecular formula is C28H32FN3O4. The van der Waals surface area contributed by atoms with E-state index in [1.807, 2.05) is 0 Å². The Morgan fingerprint density at radius 3 is 2.08 bits per heavy atom. The number of aromatic nitrogens is 2. The van der Waals surface area contributed by atoms with E-state index in [4.69, 9.17) is 0 Å². The number of hydrogen-bond donors (Lipinski definition) is 5. The van der Waals surface area contributed by atoms with Crippen LogP contribution in [-0.2, 0) is 22.4 Å². The summed E-state index contributed by atoms with van der Waals surface area (Å²) in [5, 5.41) is 24.2. The summed E-state index contributed by atoms with van der Waals surface area (Å²) in [6.45, 7) is -0.316. The lowest BCUT2D eigenvalue weighted by Crippen LogP contribution is -2.43. The number of unbranched alkanes of at least 4 members (excludes halogenated alkanes) is 4. The van der Waals surface area contributed by atoms with Crippen molar-refractivity contribution < 1.29 is 24.2 Å². The zero-order valence-electron chi connectivity index (χ0n) is 20.1. The first-order valence-corrected chi connectivity index (χ1v) is 12.4. The molecule has 0 bridgehead atoms. The highest BCUT2D eigenvalue weighted by molar-refractivity contribution is 5.93. The summed E-state index contributed by atoms with van der Waals surface area (Å²) in [5.41, 5.74) is 3.22. The lowest BCUT2D eigenvalue weighted by Gasteiger charge is -2.18. The number of phenols is 2. The van der Waals surface area contributed by atoms with Crippen molar-refractivity contribution in [3.05, 3.63) is 59.9 Å². The summed E-state index contributed by atoms with van der Waals surface area (Å²) >= 11 is 0. The lowest BCUT2D eigenvalue weighted by molar-refractivity contribution is -0.127. The quantitative estimate of drug-likeness (QED) is 0.164. The Bertz CT molecular complexity index is 1340. The van der Waals surface area contributed by atoms with E-state index < -0.39 is 6.04 Å². The number of rotatable bonds is 13. The predicted octanol–water partition coefficient (Wildman–Crippen LogP) is 5.21. The maximum Gasteiger partial charge on any atom is 0.225 e. The standard InChI is InChI=1S/C28H32FN3O4/c29-11-5-3-1-2-4-6-27(35)26(12-18-16-30-24-9-7-20(33)14-22(18)24)32-28(36)13-19-17-31-25-10-8-21(34)15-23(19)25/h7-10,14-17,26,30-31,33-34H,1-6,11-13H2,(H,32,36). The van der Waals surface area contributed by atoms with Gasteiger partial charge >= 0.3 is 0 Å². The molecule has 5 N–H and O–H groups in total. The zero-order chi connectivity index (χ0) is 25.5. The molecule has 0 aliphatic heterocycles. The molecule has 36 heavy (non-hydrogen) atoms. The Kier molecular flexibility index (Phi) is 8.25. The summed E-state index contributed by atoms with van der Waals surface area (Å²) in [7, 11) is 0. The summed E-state index contributed by atoms with van der Waals surface area (Å²) in [6, 6.07) is 9.23. The van der Waals surface area contributed by atoms with Crippen LogP contribution < -0.4 is 5.32 Å². The van der Waals surface area contributed by atoms with Crippen LogP contribution in [0.2, 0.25) is 0 Å². The zero-order valence-corrected chi connectivity index (χ0v) is 20.1. The molecular weight excluding hydrogens is 461 g/mol. The van der Waals surface area contributed by atoms with Gasteiger partial charge in [0, 0.05) is 47.0 Å². The van der Waals surface area contributed by atoms with Gasteiger partial charge in [-0.2, -0.15) is 0 Å². The van der Waals surface area contributed by atoms with Gasteiger partial charge in [0.25, 0.3) is 0 Å². The molecule has 7 nitrogen and oxygen atoms in total. The van der Waals surface area contributed by atoms with Crippen LogP contribution in [0.4, 0.5) is 4.39 Å². The number of H-pyrrole nitrogens is 2. The van der Waals surface area contributed by atoms with Crippen molar-refractivity contribution >= 4 is 33.5 Å². The van der Waals surface area contributed by atoms with E-state index in [0.29, 0.717) is 25.7 Å². The average Bonchev–Trinajstić information content (AvgIpc) is 3.44. The molecule has 0 fully saturated rings. The molecule has 1 unspecified atom stereocenters. The molecule has 0 saturated heterocycles. The largest absolute Gasteiger partial charge is 0.508 e.